The smallest absolute Gasteiger partial charge is 0.227 e. The Kier molecular flexibility index (Phi) is 4.90. The molecule has 146 valence electrons. The molecule has 7 heteroatoms. The topological polar surface area (TPSA) is 59.4 Å². The first-order valence-corrected chi connectivity index (χ1v) is 9.38. The number of carbonyl (C=O) groups excluding carboxylic acids is 1. The van der Waals surface area contributed by atoms with E-state index in [4.69, 9.17) is 4.74 Å². The van der Waals surface area contributed by atoms with Crippen LogP contribution in [0, 0.1) is 11.7 Å². The fraction of sp³-hybridized carbons (Fsp3) is 0.333. The van der Waals surface area contributed by atoms with Gasteiger partial charge in [0.05, 0.1) is 18.3 Å². The zero-order chi connectivity index (χ0) is 19.7. The minimum atomic E-state index is -0.314. The number of fused-ring (bicyclic) bond motifs is 1. The first-order valence-electron chi connectivity index (χ1n) is 9.38. The predicted molar refractivity (Wildman–Crippen MR) is 107 cm³/mol. The number of halogens is 1. The summed E-state index contributed by atoms with van der Waals surface area (Å²) in [6.07, 6.45) is 1.43. The first kappa shape index (κ1) is 18.3. The SMILES string of the molecule is COc1ccccc1NC(=O)C1CCN(c2nc3c(F)cccc3n2C)CC1. The van der Waals surface area contributed by atoms with Crippen molar-refractivity contribution in [2.45, 2.75) is 12.8 Å². The van der Waals surface area contributed by atoms with Crippen molar-refractivity contribution in [3.05, 3.63) is 48.3 Å². The minimum Gasteiger partial charge on any atom is -0.495 e. The molecule has 0 spiro atoms. The second-order valence-corrected chi connectivity index (χ2v) is 7.03. The number of amides is 1. The monoisotopic (exact) mass is 382 g/mol. The van der Waals surface area contributed by atoms with E-state index in [1.54, 1.807) is 13.2 Å². The van der Waals surface area contributed by atoms with Gasteiger partial charge in [-0.3, -0.25) is 4.79 Å². The van der Waals surface area contributed by atoms with E-state index in [9.17, 15) is 9.18 Å². The molecule has 0 bridgehead atoms. The first-order chi connectivity index (χ1) is 13.6. The van der Waals surface area contributed by atoms with Crippen molar-refractivity contribution >= 4 is 28.6 Å². The van der Waals surface area contributed by atoms with Crippen molar-refractivity contribution in [1.82, 2.24) is 9.55 Å². The van der Waals surface area contributed by atoms with Crippen LogP contribution >= 0.6 is 0 Å². The second kappa shape index (κ2) is 7.50. The third-order valence-corrected chi connectivity index (χ3v) is 5.35. The molecule has 2 heterocycles. The molecule has 1 aliphatic heterocycles. The average molecular weight is 382 g/mol. The highest BCUT2D eigenvalue weighted by molar-refractivity contribution is 5.94. The maximum absolute atomic E-state index is 14.0. The molecule has 0 atom stereocenters. The van der Waals surface area contributed by atoms with Crippen LogP contribution in [0.3, 0.4) is 0 Å². The normalized spacial score (nSPS) is 15.0. The van der Waals surface area contributed by atoms with Crippen LogP contribution in [0.4, 0.5) is 16.0 Å². The number of aryl methyl sites for hydroxylation is 1. The third-order valence-electron chi connectivity index (χ3n) is 5.35. The number of nitrogens with one attached hydrogen (secondary N) is 1. The molecular formula is C21H23FN4O2. The van der Waals surface area contributed by atoms with Crippen LogP contribution in [0.1, 0.15) is 12.8 Å². The van der Waals surface area contributed by atoms with Gasteiger partial charge in [-0.1, -0.05) is 18.2 Å². The van der Waals surface area contributed by atoms with E-state index in [1.807, 2.05) is 41.9 Å². The van der Waals surface area contributed by atoms with Crippen LogP contribution in [-0.2, 0) is 11.8 Å². The van der Waals surface area contributed by atoms with E-state index in [1.165, 1.54) is 6.07 Å². The summed E-state index contributed by atoms with van der Waals surface area (Å²) in [4.78, 5) is 19.3. The number of piperidine rings is 1. The molecule has 1 N–H and O–H groups in total. The summed E-state index contributed by atoms with van der Waals surface area (Å²) in [7, 11) is 3.48. The number of methoxy groups -OCH3 is 1. The molecule has 6 nitrogen and oxygen atoms in total. The summed E-state index contributed by atoms with van der Waals surface area (Å²) in [5, 5.41) is 2.97. The zero-order valence-corrected chi connectivity index (χ0v) is 16.0. The van der Waals surface area contributed by atoms with Crippen LogP contribution in [0.2, 0.25) is 0 Å². The van der Waals surface area contributed by atoms with E-state index in [2.05, 4.69) is 15.2 Å². The number of benzene rings is 2. The van der Waals surface area contributed by atoms with Gasteiger partial charge in [-0.05, 0) is 37.1 Å². The van der Waals surface area contributed by atoms with Gasteiger partial charge in [0, 0.05) is 26.1 Å². The Balaban J connectivity index is 1.44. The highest BCUT2D eigenvalue weighted by Crippen LogP contribution is 2.29. The lowest BCUT2D eigenvalue weighted by molar-refractivity contribution is -0.120. The van der Waals surface area contributed by atoms with Gasteiger partial charge in [-0.2, -0.15) is 0 Å². The molecule has 1 aromatic heterocycles. The van der Waals surface area contributed by atoms with Gasteiger partial charge in [-0.25, -0.2) is 9.37 Å². The summed E-state index contributed by atoms with van der Waals surface area (Å²) in [5.41, 5.74) is 1.84. The average Bonchev–Trinajstić information content (AvgIpc) is 3.06. The Bertz CT molecular complexity index is 1010. The number of imidazole rings is 1. The molecule has 2 aromatic carbocycles. The Labute approximate surface area is 162 Å². The van der Waals surface area contributed by atoms with Gasteiger partial charge < -0.3 is 19.5 Å². The Hall–Kier alpha value is -3.09. The van der Waals surface area contributed by atoms with Crippen molar-refractivity contribution in [2.75, 3.05) is 30.4 Å². The van der Waals surface area contributed by atoms with Gasteiger partial charge in [0.2, 0.25) is 11.9 Å². The van der Waals surface area contributed by atoms with Gasteiger partial charge in [-0.15, -0.1) is 0 Å². The number of carbonyl (C=O) groups is 1. The number of hydrogen-bond acceptors (Lipinski definition) is 4. The summed E-state index contributed by atoms with van der Waals surface area (Å²) in [6.45, 7) is 1.39. The lowest BCUT2D eigenvalue weighted by atomic mass is 9.96. The summed E-state index contributed by atoms with van der Waals surface area (Å²) < 4.78 is 21.2. The summed E-state index contributed by atoms with van der Waals surface area (Å²) >= 11 is 0. The molecule has 0 saturated carbocycles. The maximum Gasteiger partial charge on any atom is 0.227 e. The predicted octanol–water partition coefficient (Wildman–Crippen LogP) is 3.58. The highest BCUT2D eigenvalue weighted by Gasteiger charge is 2.28. The maximum atomic E-state index is 14.0. The Morgan fingerprint density at radius 1 is 1.18 bits per heavy atom. The molecule has 0 unspecified atom stereocenters. The van der Waals surface area contributed by atoms with E-state index in [-0.39, 0.29) is 17.6 Å². The fourth-order valence-corrected chi connectivity index (χ4v) is 3.78. The molecule has 0 radical (unpaired) electrons. The number of para-hydroxylation sites is 3. The number of anilines is 2. The zero-order valence-electron chi connectivity index (χ0n) is 16.0. The molecular weight excluding hydrogens is 359 g/mol. The standard InChI is InChI=1S/C21H23FN4O2/c1-25-17-8-5-6-15(22)19(17)24-21(25)26-12-10-14(11-13-26)20(27)23-16-7-3-4-9-18(16)28-2/h3-9,14H,10-13H2,1-2H3,(H,23,27). The van der Waals surface area contributed by atoms with E-state index < -0.39 is 0 Å². The number of ether oxygens (including phenoxy) is 1. The van der Waals surface area contributed by atoms with Crippen molar-refractivity contribution < 1.29 is 13.9 Å². The van der Waals surface area contributed by atoms with Crippen LogP contribution in [0.25, 0.3) is 11.0 Å². The third kappa shape index (κ3) is 3.28. The van der Waals surface area contributed by atoms with Crippen LogP contribution < -0.4 is 15.0 Å². The summed E-state index contributed by atoms with van der Waals surface area (Å²) in [5.74, 6) is 0.997. The molecule has 1 saturated heterocycles. The number of rotatable bonds is 4. The van der Waals surface area contributed by atoms with E-state index in [0.29, 0.717) is 42.9 Å². The van der Waals surface area contributed by atoms with Crippen LogP contribution in [0.15, 0.2) is 42.5 Å². The van der Waals surface area contributed by atoms with Crippen molar-refractivity contribution in [3.8, 4) is 5.75 Å². The molecule has 1 aliphatic rings. The van der Waals surface area contributed by atoms with Crippen molar-refractivity contribution in [3.63, 3.8) is 0 Å². The Morgan fingerprint density at radius 2 is 1.93 bits per heavy atom. The second-order valence-electron chi connectivity index (χ2n) is 7.03. The molecule has 4 rings (SSSR count). The van der Waals surface area contributed by atoms with Gasteiger partial charge >= 0.3 is 0 Å². The molecule has 1 fully saturated rings. The van der Waals surface area contributed by atoms with Crippen LogP contribution in [0.5, 0.6) is 5.75 Å². The fourth-order valence-electron chi connectivity index (χ4n) is 3.78. The molecule has 0 aliphatic carbocycles. The Morgan fingerprint density at radius 3 is 2.64 bits per heavy atom. The number of aromatic nitrogens is 2. The van der Waals surface area contributed by atoms with Crippen molar-refractivity contribution in [1.29, 1.82) is 0 Å². The van der Waals surface area contributed by atoms with Gasteiger partial charge in [0.25, 0.3) is 0 Å². The molecule has 28 heavy (non-hydrogen) atoms. The van der Waals surface area contributed by atoms with Crippen molar-refractivity contribution in [2.24, 2.45) is 13.0 Å². The van der Waals surface area contributed by atoms with E-state index >= 15 is 0 Å². The molecule has 3 aromatic rings. The van der Waals surface area contributed by atoms with Crippen LogP contribution in [-0.4, -0.2) is 35.7 Å². The van der Waals surface area contributed by atoms with Gasteiger partial charge in [0.15, 0.2) is 5.82 Å². The number of hydrogen-bond donors (Lipinski definition) is 1. The lowest BCUT2D eigenvalue weighted by Crippen LogP contribution is -2.39. The number of nitrogens with zero attached hydrogens (tertiary/aromatic N) is 3. The quantitative estimate of drug-likeness (QED) is 0.749. The highest BCUT2D eigenvalue weighted by atomic mass is 19.1. The summed E-state index contributed by atoms with van der Waals surface area (Å²) in [6, 6.07) is 12.4. The largest absolute Gasteiger partial charge is 0.495 e. The lowest BCUT2D eigenvalue weighted by Gasteiger charge is -2.32. The minimum absolute atomic E-state index is 0.000181. The molecule has 1 amide bonds. The van der Waals surface area contributed by atoms with Gasteiger partial charge in [0.1, 0.15) is 11.3 Å². The van der Waals surface area contributed by atoms with E-state index in [0.717, 1.165) is 11.5 Å².